The minimum atomic E-state index is -0.570. The number of aromatic nitrogens is 2. The first-order chi connectivity index (χ1) is 10.4. The summed E-state index contributed by atoms with van der Waals surface area (Å²) in [6, 6.07) is 4.97. The maximum atomic E-state index is 12.4. The third-order valence-corrected chi connectivity index (χ3v) is 5.15. The summed E-state index contributed by atoms with van der Waals surface area (Å²) >= 11 is 13.1. The minimum Gasteiger partial charge on any atom is -0.538 e. The highest BCUT2D eigenvalue weighted by molar-refractivity contribution is 8.00. The molecule has 0 fully saturated rings. The molecule has 1 unspecified atom stereocenters. The summed E-state index contributed by atoms with van der Waals surface area (Å²) in [5, 5.41) is 18.2. The van der Waals surface area contributed by atoms with Gasteiger partial charge in [0.1, 0.15) is 0 Å². The molecule has 0 spiro atoms. The number of thioether (sulfide) groups is 1. The molecule has 0 saturated carbocycles. The van der Waals surface area contributed by atoms with Crippen LogP contribution in [0.4, 0.5) is 5.69 Å². The fourth-order valence-corrected chi connectivity index (χ4v) is 2.97. The largest absolute Gasteiger partial charge is 0.538 e. The van der Waals surface area contributed by atoms with Crippen LogP contribution in [0.25, 0.3) is 0 Å². The normalized spacial score (nSPS) is 12.2. The maximum absolute atomic E-state index is 12.4. The lowest BCUT2D eigenvalue weighted by Crippen LogP contribution is -2.34. The first-order valence-corrected chi connectivity index (χ1v) is 8.02. The zero-order valence-electron chi connectivity index (χ0n) is 11.8. The predicted octanol–water partition coefficient (Wildman–Crippen LogP) is 2.39. The van der Waals surface area contributed by atoms with E-state index in [2.05, 4.69) is 15.1 Å². The van der Waals surface area contributed by atoms with Gasteiger partial charge in [0.25, 0.3) is 5.03 Å². The van der Waals surface area contributed by atoms with E-state index in [1.54, 1.807) is 25.2 Å². The molecule has 1 atom stereocenters. The number of nitrogens with one attached hydrogen (secondary N) is 1. The smallest absolute Gasteiger partial charge is 0.291 e. The molecule has 118 valence electrons. The van der Waals surface area contributed by atoms with Crippen LogP contribution in [0.1, 0.15) is 13.3 Å². The highest BCUT2D eigenvalue weighted by atomic mass is 35.5. The van der Waals surface area contributed by atoms with Gasteiger partial charge in [0.2, 0.25) is 5.91 Å². The molecule has 0 saturated heterocycles. The van der Waals surface area contributed by atoms with Crippen LogP contribution in [0.2, 0.25) is 10.0 Å². The number of benzene rings is 1. The van der Waals surface area contributed by atoms with Crippen molar-refractivity contribution < 1.29 is 19.1 Å². The quantitative estimate of drug-likeness (QED) is 0.652. The van der Waals surface area contributed by atoms with Crippen molar-refractivity contribution in [3.63, 3.8) is 0 Å². The van der Waals surface area contributed by atoms with Gasteiger partial charge in [0, 0.05) is 0 Å². The molecule has 9 heteroatoms. The fraction of sp³-hybridized carbons (Fsp3) is 0.308. The Bertz CT molecular complexity index is 674. The SMILES string of the molecule is CCC(Sc1c([O-])on[n+]1C)C(=O)Nc1cccc(Cl)c1Cl. The van der Waals surface area contributed by atoms with Crippen LogP contribution in [-0.2, 0) is 11.8 Å². The Hall–Kier alpha value is -1.44. The van der Waals surface area contributed by atoms with Gasteiger partial charge in [0.05, 0.1) is 26.3 Å². The van der Waals surface area contributed by atoms with E-state index in [0.29, 0.717) is 17.1 Å². The van der Waals surface area contributed by atoms with Crippen LogP contribution in [0, 0.1) is 0 Å². The summed E-state index contributed by atoms with van der Waals surface area (Å²) in [7, 11) is 1.58. The van der Waals surface area contributed by atoms with Crippen molar-refractivity contribution >= 4 is 46.6 Å². The van der Waals surface area contributed by atoms with Crippen LogP contribution in [0.15, 0.2) is 27.7 Å². The lowest BCUT2D eigenvalue weighted by Gasteiger charge is -2.14. The number of rotatable bonds is 5. The van der Waals surface area contributed by atoms with Gasteiger partial charge in [0.15, 0.2) is 13.0 Å². The Labute approximate surface area is 141 Å². The molecule has 0 aliphatic rings. The molecule has 0 aliphatic heterocycles. The van der Waals surface area contributed by atoms with Gasteiger partial charge in [-0.2, -0.15) is 0 Å². The Morgan fingerprint density at radius 3 is 2.86 bits per heavy atom. The molecule has 0 radical (unpaired) electrons. The first kappa shape index (κ1) is 16.9. The van der Waals surface area contributed by atoms with Gasteiger partial charge < -0.3 is 14.9 Å². The van der Waals surface area contributed by atoms with Crippen molar-refractivity contribution in [1.82, 2.24) is 5.27 Å². The van der Waals surface area contributed by atoms with Crippen LogP contribution in [0.5, 0.6) is 5.95 Å². The Balaban J connectivity index is 2.14. The molecule has 2 rings (SSSR count). The molecule has 0 aliphatic carbocycles. The second-order valence-electron chi connectivity index (χ2n) is 4.39. The molecule has 1 N–H and O–H groups in total. The van der Waals surface area contributed by atoms with E-state index in [-0.39, 0.29) is 16.0 Å². The minimum absolute atomic E-state index is 0.263. The zero-order chi connectivity index (χ0) is 16.3. The molecule has 1 amide bonds. The zero-order valence-corrected chi connectivity index (χ0v) is 14.1. The number of halogens is 2. The van der Waals surface area contributed by atoms with E-state index in [9.17, 15) is 9.90 Å². The van der Waals surface area contributed by atoms with Gasteiger partial charge in [-0.05, 0) is 30.3 Å². The number of hydrogen-bond acceptors (Lipinski definition) is 5. The molecule has 1 aromatic heterocycles. The number of carbonyl (C=O) groups is 1. The third-order valence-electron chi connectivity index (χ3n) is 2.84. The molecule has 1 heterocycles. The van der Waals surface area contributed by atoms with Crippen LogP contribution in [-0.4, -0.2) is 16.4 Å². The van der Waals surface area contributed by atoms with Crippen molar-refractivity contribution in [3.8, 4) is 5.95 Å². The van der Waals surface area contributed by atoms with E-state index in [1.807, 2.05) is 6.92 Å². The van der Waals surface area contributed by atoms with Crippen LogP contribution >= 0.6 is 35.0 Å². The van der Waals surface area contributed by atoms with E-state index < -0.39 is 11.2 Å². The second-order valence-corrected chi connectivity index (χ2v) is 6.37. The average Bonchev–Trinajstić information content (AvgIpc) is 2.80. The van der Waals surface area contributed by atoms with E-state index in [1.165, 1.54) is 4.68 Å². The highest BCUT2D eigenvalue weighted by Gasteiger charge is 2.25. The summed E-state index contributed by atoms with van der Waals surface area (Å²) in [6.07, 6.45) is 0.513. The van der Waals surface area contributed by atoms with Crippen molar-refractivity contribution in [1.29, 1.82) is 0 Å². The monoisotopic (exact) mass is 361 g/mol. The molecule has 1 aromatic carbocycles. The van der Waals surface area contributed by atoms with Gasteiger partial charge in [-0.25, -0.2) is 0 Å². The topological polar surface area (TPSA) is 82.1 Å². The third kappa shape index (κ3) is 3.66. The predicted molar refractivity (Wildman–Crippen MR) is 82.2 cm³/mol. The van der Waals surface area contributed by atoms with Crippen LogP contribution < -0.4 is 15.1 Å². The van der Waals surface area contributed by atoms with Crippen molar-refractivity contribution in [2.45, 2.75) is 23.6 Å². The lowest BCUT2D eigenvalue weighted by molar-refractivity contribution is -0.772. The number of carbonyl (C=O) groups excluding carboxylic acids is 1. The van der Waals surface area contributed by atoms with E-state index in [4.69, 9.17) is 23.2 Å². The van der Waals surface area contributed by atoms with Gasteiger partial charge in [-0.1, -0.05) is 40.9 Å². The van der Waals surface area contributed by atoms with Gasteiger partial charge in [-0.3, -0.25) is 4.79 Å². The maximum Gasteiger partial charge on any atom is 0.291 e. The van der Waals surface area contributed by atoms with Crippen LogP contribution in [0.3, 0.4) is 0 Å². The number of amides is 1. The second kappa shape index (κ2) is 7.21. The highest BCUT2D eigenvalue weighted by Crippen LogP contribution is 2.32. The van der Waals surface area contributed by atoms with Gasteiger partial charge >= 0.3 is 0 Å². The van der Waals surface area contributed by atoms with Crippen molar-refractivity contribution in [2.24, 2.45) is 7.05 Å². The fourth-order valence-electron chi connectivity index (χ4n) is 1.70. The lowest BCUT2D eigenvalue weighted by atomic mass is 10.2. The average molecular weight is 362 g/mol. The summed E-state index contributed by atoms with van der Waals surface area (Å²) in [4.78, 5) is 12.4. The Kier molecular flexibility index (Phi) is 5.55. The van der Waals surface area contributed by atoms with Crippen molar-refractivity contribution in [2.75, 3.05) is 5.32 Å². The molecular formula is C13H13Cl2N3O3S. The number of hydrogen-bond donors (Lipinski definition) is 1. The summed E-state index contributed by atoms with van der Waals surface area (Å²) in [5.74, 6) is -0.850. The first-order valence-electron chi connectivity index (χ1n) is 6.38. The Morgan fingerprint density at radius 1 is 1.55 bits per heavy atom. The summed E-state index contributed by atoms with van der Waals surface area (Å²) in [6.45, 7) is 1.84. The Morgan fingerprint density at radius 2 is 2.27 bits per heavy atom. The van der Waals surface area contributed by atoms with Crippen molar-refractivity contribution in [3.05, 3.63) is 28.2 Å². The number of nitrogens with zero attached hydrogens (tertiary/aromatic N) is 2. The molecule has 22 heavy (non-hydrogen) atoms. The molecular weight excluding hydrogens is 349 g/mol. The van der Waals surface area contributed by atoms with Gasteiger partial charge in [-0.15, -0.1) is 0 Å². The summed E-state index contributed by atoms with van der Waals surface area (Å²) < 4.78 is 5.84. The molecule has 0 bridgehead atoms. The van der Waals surface area contributed by atoms with E-state index in [0.717, 1.165) is 11.8 Å². The number of anilines is 1. The molecule has 2 aromatic rings. The molecule has 6 nitrogen and oxygen atoms in total. The number of aryl methyl sites for hydroxylation is 1. The summed E-state index contributed by atoms with van der Waals surface area (Å²) in [5.41, 5.74) is 0.426. The van der Waals surface area contributed by atoms with E-state index >= 15 is 0 Å². The standard InChI is InChI=1S/C13H13Cl2N3O3S/c1-3-9(22-12-13(20)21-17-18(12)2)11(19)16-8-6-4-5-7(14)10(8)15/h4-6,9H,3H2,1-2H3,(H-,16,17,19,20).